The second kappa shape index (κ2) is 3.58. The average Bonchev–Trinajstić information content (AvgIpc) is 2.29. The van der Waals surface area contributed by atoms with Crippen LogP contribution in [0.25, 0.3) is 21.8 Å². The smallest absolute Gasteiger partial charge is 0.161 e. The fourth-order valence-electron chi connectivity index (χ4n) is 1.77. The summed E-state index contributed by atoms with van der Waals surface area (Å²) >= 11 is 12.0. The van der Waals surface area contributed by atoms with Crippen LogP contribution in [0.1, 0.15) is 0 Å². The minimum absolute atomic E-state index is 0.434. The highest BCUT2D eigenvalue weighted by molar-refractivity contribution is 6.37. The lowest BCUT2D eigenvalue weighted by atomic mass is 10.1. The summed E-state index contributed by atoms with van der Waals surface area (Å²) in [5, 5.41) is 3.95. The minimum atomic E-state index is 0.434. The molecule has 2 aromatic heterocycles. The van der Waals surface area contributed by atoms with Gasteiger partial charge < -0.3 is 0 Å². The Morgan fingerprint density at radius 3 is 2.69 bits per heavy atom. The van der Waals surface area contributed by atoms with Crippen molar-refractivity contribution >= 4 is 45.0 Å². The molecule has 3 aromatic rings. The second-order valence-electron chi connectivity index (χ2n) is 3.47. The van der Waals surface area contributed by atoms with Gasteiger partial charge in [-0.05, 0) is 29.7 Å². The molecule has 0 amide bonds. The number of hydrogen-bond donors (Lipinski definition) is 0. The number of hydrogen-bond acceptors (Lipinski definition) is 2. The van der Waals surface area contributed by atoms with Crippen LogP contribution < -0.4 is 0 Å². The number of benzene rings is 1. The summed E-state index contributed by atoms with van der Waals surface area (Å²) in [5.74, 6) is 0. The molecule has 0 aliphatic heterocycles. The molecule has 0 saturated carbocycles. The Kier molecular flexibility index (Phi) is 2.20. The molecule has 2 heterocycles. The predicted octanol–water partition coefficient (Wildman–Crippen LogP) is 4.09. The summed E-state index contributed by atoms with van der Waals surface area (Å²) in [4.78, 5) is 8.43. The van der Waals surface area contributed by atoms with E-state index in [2.05, 4.69) is 9.97 Å². The van der Waals surface area contributed by atoms with Crippen LogP contribution in [-0.2, 0) is 0 Å². The highest BCUT2D eigenvalue weighted by Crippen LogP contribution is 2.30. The molecule has 2 nitrogen and oxygen atoms in total. The van der Waals surface area contributed by atoms with Gasteiger partial charge in [0.15, 0.2) is 5.65 Å². The van der Waals surface area contributed by atoms with Crippen molar-refractivity contribution in [2.24, 2.45) is 0 Å². The average molecular weight is 249 g/mol. The first kappa shape index (κ1) is 9.82. The monoisotopic (exact) mass is 248 g/mol. The molecule has 0 unspecified atom stereocenters. The van der Waals surface area contributed by atoms with Crippen LogP contribution in [0.2, 0.25) is 10.2 Å². The number of rotatable bonds is 0. The summed E-state index contributed by atoms with van der Waals surface area (Å²) < 4.78 is 0. The van der Waals surface area contributed by atoms with Gasteiger partial charge in [0.1, 0.15) is 5.15 Å². The van der Waals surface area contributed by atoms with Crippen molar-refractivity contribution in [2.45, 2.75) is 0 Å². The molecule has 3 rings (SSSR count). The van der Waals surface area contributed by atoms with Crippen LogP contribution in [0.5, 0.6) is 0 Å². The third-order valence-electron chi connectivity index (χ3n) is 2.48. The first-order valence-electron chi connectivity index (χ1n) is 4.75. The van der Waals surface area contributed by atoms with Gasteiger partial charge in [0.2, 0.25) is 0 Å². The number of aromatic nitrogens is 2. The van der Waals surface area contributed by atoms with Gasteiger partial charge in [-0.1, -0.05) is 29.3 Å². The van der Waals surface area contributed by atoms with Gasteiger partial charge in [0, 0.05) is 22.0 Å². The zero-order valence-corrected chi connectivity index (χ0v) is 9.63. The highest BCUT2D eigenvalue weighted by Gasteiger charge is 2.07. The van der Waals surface area contributed by atoms with Gasteiger partial charge in [0.05, 0.1) is 0 Å². The van der Waals surface area contributed by atoms with Gasteiger partial charge in [0.25, 0.3) is 0 Å². The van der Waals surface area contributed by atoms with Crippen molar-refractivity contribution in [2.75, 3.05) is 0 Å². The fourth-order valence-corrected chi connectivity index (χ4v) is 2.18. The molecular weight excluding hydrogens is 243 g/mol. The first-order chi connectivity index (χ1) is 7.75. The largest absolute Gasteiger partial charge is 0.237 e. The minimum Gasteiger partial charge on any atom is -0.237 e. The summed E-state index contributed by atoms with van der Waals surface area (Å²) in [6.07, 6.45) is 1.70. The number of halogens is 2. The molecule has 4 heteroatoms. The molecule has 0 aliphatic rings. The number of pyridine rings is 2. The predicted molar refractivity (Wildman–Crippen MR) is 67.1 cm³/mol. The van der Waals surface area contributed by atoms with Gasteiger partial charge in [-0.25, -0.2) is 9.97 Å². The Morgan fingerprint density at radius 2 is 1.81 bits per heavy atom. The lowest BCUT2D eigenvalue weighted by molar-refractivity contribution is 1.30. The Hall–Kier alpha value is -1.38. The zero-order chi connectivity index (χ0) is 11.1. The number of fused-ring (bicyclic) bond motifs is 3. The number of nitrogens with zero attached hydrogens (tertiary/aromatic N) is 2. The lowest BCUT2D eigenvalue weighted by Crippen LogP contribution is -1.87. The van der Waals surface area contributed by atoms with E-state index in [4.69, 9.17) is 23.2 Å². The van der Waals surface area contributed by atoms with E-state index in [-0.39, 0.29) is 0 Å². The van der Waals surface area contributed by atoms with E-state index in [1.807, 2.05) is 30.3 Å². The van der Waals surface area contributed by atoms with Crippen molar-refractivity contribution in [1.82, 2.24) is 9.97 Å². The molecule has 0 fully saturated rings. The molecule has 0 spiro atoms. The summed E-state index contributed by atoms with van der Waals surface area (Å²) in [5.41, 5.74) is 0.655. The van der Waals surface area contributed by atoms with E-state index in [0.717, 1.165) is 16.2 Å². The normalized spacial score (nSPS) is 11.1. The van der Waals surface area contributed by atoms with Crippen molar-refractivity contribution in [3.8, 4) is 0 Å². The van der Waals surface area contributed by atoms with Crippen LogP contribution >= 0.6 is 23.2 Å². The van der Waals surface area contributed by atoms with E-state index in [1.54, 1.807) is 6.20 Å². The van der Waals surface area contributed by atoms with Crippen LogP contribution in [0.15, 0.2) is 36.5 Å². The van der Waals surface area contributed by atoms with Crippen LogP contribution in [0, 0.1) is 0 Å². The van der Waals surface area contributed by atoms with Gasteiger partial charge in [-0.2, -0.15) is 0 Å². The topological polar surface area (TPSA) is 25.8 Å². The maximum absolute atomic E-state index is 6.10. The Bertz CT molecular complexity index is 695. The Balaban J connectivity index is 2.59. The summed E-state index contributed by atoms with van der Waals surface area (Å²) in [7, 11) is 0. The molecule has 0 atom stereocenters. The Morgan fingerprint density at radius 1 is 0.938 bits per heavy atom. The van der Waals surface area contributed by atoms with E-state index in [0.29, 0.717) is 15.8 Å². The van der Waals surface area contributed by atoms with Crippen molar-refractivity contribution < 1.29 is 0 Å². The molecule has 0 bridgehead atoms. The second-order valence-corrected chi connectivity index (χ2v) is 4.26. The first-order valence-corrected chi connectivity index (χ1v) is 5.51. The standard InChI is InChI=1S/C12H6Cl2N2/c13-7-3-4-8-9-2-1-5-15-12(9)16-11(14)10(8)6-7/h1-6H. The molecule has 78 valence electrons. The molecular formula is C12H6Cl2N2. The fraction of sp³-hybridized carbons (Fsp3) is 0. The quantitative estimate of drug-likeness (QED) is 0.443. The van der Waals surface area contributed by atoms with E-state index in [9.17, 15) is 0 Å². The van der Waals surface area contributed by atoms with Crippen LogP contribution in [0.3, 0.4) is 0 Å². The highest BCUT2D eigenvalue weighted by atomic mass is 35.5. The molecule has 1 aromatic carbocycles. The molecule has 0 radical (unpaired) electrons. The molecule has 0 aliphatic carbocycles. The maximum Gasteiger partial charge on any atom is 0.161 e. The Labute approximate surface area is 102 Å². The lowest BCUT2D eigenvalue weighted by Gasteiger charge is -2.04. The molecule has 0 N–H and O–H groups in total. The summed E-state index contributed by atoms with van der Waals surface area (Å²) in [6, 6.07) is 9.45. The van der Waals surface area contributed by atoms with Gasteiger partial charge in [-0.15, -0.1) is 0 Å². The third kappa shape index (κ3) is 1.42. The van der Waals surface area contributed by atoms with Crippen molar-refractivity contribution in [1.29, 1.82) is 0 Å². The van der Waals surface area contributed by atoms with Crippen LogP contribution in [-0.4, -0.2) is 9.97 Å². The van der Waals surface area contributed by atoms with Crippen molar-refractivity contribution in [3.63, 3.8) is 0 Å². The summed E-state index contributed by atoms with van der Waals surface area (Å²) in [6.45, 7) is 0. The zero-order valence-electron chi connectivity index (χ0n) is 8.11. The van der Waals surface area contributed by atoms with E-state index >= 15 is 0 Å². The molecule has 16 heavy (non-hydrogen) atoms. The van der Waals surface area contributed by atoms with Gasteiger partial charge >= 0.3 is 0 Å². The van der Waals surface area contributed by atoms with Crippen molar-refractivity contribution in [3.05, 3.63) is 46.7 Å². The SMILES string of the molecule is Clc1ccc2c(c1)c(Cl)nc1ncccc12. The van der Waals surface area contributed by atoms with E-state index < -0.39 is 0 Å². The molecule has 0 saturated heterocycles. The maximum atomic E-state index is 6.10. The van der Waals surface area contributed by atoms with Crippen LogP contribution in [0.4, 0.5) is 0 Å². The van der Waals surface area contributed by atoms with Gasteiger partial charge in [-0.3, -0.25) is 0 Å². The third-order valence-corrected chi connectivity index (χ3v) is 3.01. The van der Waals surface area contributed by atoms with E-state index in [1.165, 1.54) is 0 Å².